The topological polar surface area (TPSA) is 61.4 Å². The molecule has 118 valence electrons. The fraction of sp³-hybridized carbons (Fsp3) is 0.176. The minimum atomic E-state index is -0.340. The quantitative estimate of drug-likeness (QED) is 0.811. The molecule has 0 aliphatic carbocycles. The molecule has 6 heteroatoms. The van der Waals surface area contributed by atoms with Crippen molar-refractivity contribution >= 4 is 33.4 Å². The second-order valence-corrected chi connectivity index (χ2v) is 6.23. The van der Waals surface area contributed by atoms with Crippen LogP contribution in [0.4, 0.5) is 5.69 Å². The van der Waals surface area contributed by atoms with Gasteiger partial charge < -0.3 is 4.90 Å². The number of anilines is 1. The van der Waals surface area contributed by atoms with E-state index in [1.54, 1.807) is 24.3 Å². The summed E-state index contributed by atoms with van der Waals surface area (Å²) in [6, 6.07) is 15.0. The number of carbonyl (C=O) groups is 2. The third kappa shape index (κ3) is 3.71. The Kier molecular flexibility index (Phi) is 4.62. The van der Waals surface area contributed by atoms with E-state index in [9.17, 15) is 9.59 Å². The molecule has 1 heterocycles. The zero-order chi connectivity index (χ0) is 16.2. The third-order valence-electron chi connectivity index (χ3n) is 3.74. The van der Waals surface area contributed by atoms with E-state index in [0.717, 1.165) is 23.1 Å². The van der Waals surface area contributed by atoms with Gasteiger partial charge in [-0.15, -0.1) is 0 Å². The zero-order valence-corrected chi connectivity index (χ0v) is 14.0. The van der Waals surface area contributed by atoms with Crippen molar-refractivity contribution in [2.24, 2.45) is 0 Å². The molecule has 3 rings (SSSR count). The fourth-order valence-electron chi connectivity index (χ4n) is 2.58. The van der Waals surface area contributed by atoms with Gasteiger partial charge >= 0.3 is 0 Å². The summed E-state index contributed by atoms with van der Waals surface area (Å²) in [5.41, 5.74) is 7.72. The summed E-state index contributed by atoms with van der Waals surface area (Å²) in [4.78, 5) is 26.0. The summed E-state index contributed by atoms with van der Waals surface area (Å²) in [6.45, 7) is 1.03. The summed E-state index contributed by atoms with van der Waals surface area (Å²) in [5.74, 6) is -0.583. The zero-order valence-electron chi connectivity index (χ0n) is 12.4. The highest BCUT2D eigenvalue weighted by molar-refractivity contribution is 9.10. The van der Waals surface area contributed by atoms with Crippen LogP contribution in [0.25, 0.3) is 0 Å². The Labute approximate surface area is 142 Å². The van der Waals surface area contributed by atoms with Crippen LogP contribution in [-0.4, -0.2) is 24.9 Å². The number of amides is 2. The van der Waals surface area contributed by atoms with Gasteiger partial charge in [-0.05, 0) is 42.3 Å². The number of fused-ring (bicyclic) bond motifs is 1. The van der Waals surface area contributed by atoms with Gasteiger partial charge in [0.25, 0.3) is 11.8 Å². The number of nitrogens with one attached hydrogen (secondary N) is 2. The van der Waals surface area contributed by atoms with Crippen LogP contribution in [-0.2, 0) is 11.2 Å². The molecule has 2 aromatic rings. The number of hydrogen-bond acceptors (Lipinski definition) is 3. The lowest BCUT2D eigenvalue weighted by Gasteiger charge is -2.18. The van der Waals surface area contributed by atoms with E-state index in [-0.39, 0.29) is 18.4 Å². The minimum Gasteiger partial charge on any atom is -0.362 e. The minimum absolute atomic E-state index is 0.220. The van der Waals surface area contributed by atoms with Gasteiger partial charge in [0.05, 0.1) is 6.54 Å². The van der Waals surface area contributed by atoms with Crippen LogP contribution >= 0.6 is 15.9 Å². The summed E-state index contributed by atoms with van der Waals surface area (Å²) in [7, 11) is 0. The molecule has 0 bridgehead atoms. The second kappa shape index (κ2) is 6.83. The molecule has 0 aromatic heterocycles. The Bertz CT molecular complexity index is 731. The van der Waals surface area contributed by atoms with Crippen molar-refractivity contribution in [3.63, 3.8) is 0 Å². The molecule has 23 heavy (non-hydrogen) atoms. The number of rotatable bonds is 3. The predicted octanol–water partition coefficient (Wildman–Crippen LogP) is 2.27. The van der Waals surface area contributed by atoms with Crippen LogP contribution in [0.5, 0.6) is 0 Å². The van der Waals surface area contributed by atoms with Gasteiger partial charge in [-0.3, -0.25) is 20.4 Å². The van der Waals surface area contributed by atoms with Crippen LogP contribution in [0.1, 0.15) is 15.9 Å². The van der Waals surface area contributed by atoms with Gasteiger partial charge in [0, 0.05) is 22.3 Å². The average molecular weight is 374 g/mol. The predicted molar refractivity (Wildman–Crippen MR) is 92.1 cm³/mol. The molecule has 2 aromatic carbocycles. The van der Waals surface area contributed by atoms with Crippen molar-refractivity contribution < 1.29 is 9.59 Å². The van der Waals surface area contributed by atoms with Crippen molar-refractivity contribution in [2.45, 2.75) is 6.42 Å². The molecule has 2 amide bonds. The molecule has 1 aliphatic rings. The Morgan fingerprint density at radius 1 is 1.04 bits per heavy atom. The normalized spacial score (nSPS) is 12.7. The number of para-hydroxylation sites is 1. The standard InChI is InChI=1S/C17H16BrN3O2/c18-14-7-5-13(6-8-14)17(23)20-19-16(22)11-21-10-9-12-3-1-2-4-15(12)21/h1-8H,9-11H2,(H,19,22)(H,20,23). The molecule has 1 aliphatic heterocycles. The third-order valence-corrected chi connectivity index (χ3v) is 4.27. The van der Waals surface area contributed by atoms with E-state index in [1.165, 1.54) is 5.56 Å². The largest absolute Gasteiger partial charge is 0.362 e. The first-order valence-electron chi connectivity index (χ1n) is 7.31. The highest BCUT2D eigenvalue weighted by Crippen LogP contribution is 2.26. The molecule has 0 spiro atoms. The first-order chi connectivity index (χ1) is 11.1. The molecule has 0 saturated carbocycles. The van der Waals surface area contributed by atoms with Crippen LogP contribution in [0, 0.1) is 0 Å². The number of hydrazine groups is 1. The first-order valence-corrected chi connectivity index (χ1v) is 8.10. The van der Waals surface area contributed by atoms with Gasteiger partial charge in [0.2, 0.25) is 0 Å². The van der Waals surface area contributed by atoms with Crippen LogP contribution < -0.4 is 15.8 Å². The van der Waals surface area contributed by atoms with E-state index >= 15 is 0 Å². The summed E-state index contributed by atoms with van der Waals surface area (Å²) < 4.78 is 0.894. The number of halogens is 1. The van der Waals surface area contributed by atoms with E-state index in [0.29, 0.717) is 5.56 Å². The maximum atomic E-state index is 12.0. The van der Waals surface area contributed by atoms with Crippen LogP contribution in [0.15, 0.2) is 53.0 Å². The maximum Gasteiger partial charge on any atom is 0.269 e. The monoisotopic (exact) mass is 373 g/mol. The number of hydrogen-bond donors (Lipinski definition) is 2. The van der Waals surface area contributed by atoms with Gasteiger partial charge in [-0.1, -0.05) is 34.1 Å². The van der Waals surface area contributed by atoms with Gasteiger partial charge in [-0.25, -0.2) is 0 Å². The highest BCUT2D eigenvalue weighted by Gasteiger charge is 2.20. The number of nitrogens with zero attached hydrogens (tertiary/aromatic N) is 1. The van der Waals surface area contributed by atoms with E-state index in [2.05, 4.69) is 32.8 Å². The number of carbonyl (C=O) groups excluding carboxylic acids is 2. The highest BCUT2D eigenvalue weighted by atomic mass is 79.9. The molecule has 0 atom stereocenters. The summed E-state index contributed by atoms with van der Waals surface area (Å²) in [5, 5.41) is 0. The van der Waals surface area contributed by atoms with E-state index < -0.39 is 0 Å². The van der Waals surface area contributed by atoms with Crippen molar-refractivity contribution in [1.29, 1.82) is 0 Å². The summed E-state index contributed by atoms with van der Waals surface area (Å²) >= 11 is 3.31. The first kappa shape index (κ1) is 15.6. The molecule has 0 unspecified atom stereocenters. The molecular formula is C17H16BrN3O2. The fourth-order valence-corrected chi connectivity index (χ4v) is 2.85. The van der Waals surface area contributed by atoms with E-state index in [4.69, 9.17) is 0 Å². The Morgan fingerprint density at radius 2 is 1.78 bits per heavy atom. The Balaban J connectivity index is 1.52. The lowest BCUT2D eigenvalue weighted by Crippen LogP contribution is -2.46. The van der Waals surface area contributed by atoms with Crippen LogP contribution in [0.2, 0.25) is 0 Å². The maximum absolute atomic E-state index is 12.0. The summed E-state index contributed by atoms with van der Waals surface area (Å²) in [6.07, 6.45) is 0.939. The van der Waals surface area contributed by atoms with Crippen LogP contribution in [0.3, 0.4) is 0 Å². The molecule has 5 nitrogen and oxygen atoms in total. The van der Waals surface area contributed by atoms with E-state index in [1.807, 2.05) is 23.1 Å². The van der Waals surface area contributed by atoms with Crippen molar-refractivity contribution in [1.82, 2.24) is 10.9 Å². The van der Waals surface area contributed by atoms with Gasteiger partial charge in [0.1, 0.15) is 0 Å². The van der Waals surface area contributed by atoms with Crippen molar-refractivity contribution in [2.75, 3.05) is 18.0 Å². The lowest BCUT2D eigenvalue weighted by atomic mass is 10.2. The Morgan fingerprint density at radius 3 is 2.57 bits per heavy atom. The molecule has 2 N–H and O–H groups in total. The lowest BCUT2D eigenvalue weighted by molar-refractivity contribution is -0.120. The molecule has 0 radical (unpaired) electrons. The van der Waals surface area contributed by atoms with Gasteiger partial charge in [0.15, 0.2) is 0 Å². The molecule has 0 saturated heterocycles. The molecule has 0 fully saturated rings. The Hall–Kier alpha value is -2.34. The number of benzene rings is 2. The van der Waals surface area contributed by atoms with Gasteiger partial charge in [-0.2, -0.15) is 0 Å². The van der Waals surface area contributed by atoms with Crippen molar-refractivity contribution in [3.05, 3.63) is 64.1 Å². The molecular weight excluding hydrogens is 358 g/mol. The second-order valence-electron chi connectivity index (χ2n) is 5.31. The average Bonchev–Trinajstić information content (AvgIpc) is 2.96. The van der Waals surface area contributed by atoms with Crippen molar-refractivity contribution in [3.8, 4) is 0 Å². The SMILES string of the molecule is O=C(CN1CCc2ccccc21)NNC(=O)c1ccc(Br)cc1. The smallest absolute Gasteiger partial charge is 0.269 e.